The second kappa shape index (κ2) is 8.60. The third-order valence-corrected chi connectivity index (χ3v) is 6.78. The lowest BCUT2D eigenvalue weighted by Crippen LogP contribution is -2.40. The van der Waals surface area contributed by atoms with Crippen LogP contribution in [0.25, 0.3) is 10.9 Å². The molecule has 3 aromatic rings. The number of hydrogen-bond acceptors (Lipinski definition) is 2. The Bertz CT molecular complexity index is 1040. The molecule has 2 N–H and O–H groups in total. The maximum Gasteiger partial charge on any atom is 0.352 e. The van der Waals surface area contributed by atoms with Gasteiger partial charge in [0.25, 0.3) is 0 Å². The van der Waals surface area contributed by atoms with Gasteiger partial charge in [0.2, 0.25) is 0 Å². The minimum atomic E-state index is -0.935. The summed E-state index contributed by atoms with van der Waals surface area (Å²) in [5.74, 6) is 0.0140. The Balaban J connectivity index is 1.71. The van der Waals surface area contributed by atoms with E-state index in [0.29, 0.717) is 36.7 Å². The van der Waals surface area contributed by atoms with Crippen molar-refractivity contribution in [2.75, 3.05) is 0 Å². The van der Waals surface area contributed by atoms with Crippen LogP contribution in [0, 0.1) is 17.7 Å². The van der Waals surface area contributed by atoms with Crippen LogP contribution in [0.1, 0.15) is 54.7 Å². The number of hydrogen-bond donors (Lipinski definition) is 2. The summed E-state index contributed by atoms with van der Waals surface area (Å²) < 4.78 is 15.2. The number of benzene rings is 2. The molecule has 0 radical (unpaired) electrons. The highest BCUT2D eigenvalue weighted by Gasteiger charge is 2.28. The molecule has 0 aliphatic heterocycles. The minimum absolute atomic E-state index is 0.296. The van der Waals surface area contributed by atoms with E-state index in [4.69, 9.17) is 0 Å². The fraction of sp³-hybridized carbons (Fsp3) is 0.400. The molecule has 2 aromatic carbocycles. The molecular weight excluding hydrogens is 379 g/mol. The molecule has 1 fully saturated rings. The lowest BCUT2D eigenvalue weighted by atomic mass is 9.78. The summed E-state index contributed by atoms with van der Waals surface area (Å²) in [5.41, 5.74) is 2.89. The molecule has 1 aliphatic rings. The molecule has 0 saturated heterocycles. The van der Waals surface area contributed by atoms with E-state index in [0.717, 1.165) is 28.5 Å². The van der Waals surface area contributed by atoms with Gasteiger partial charge in [-0.05, 0) is 42.0 Å². The van der Waals surface area contributed by atoms with Crippen molar-refractivity contribution in [1.29, 1.82) is 0 Å². The van der Waals surface area contributed by atoms with Crippen LogP contribution in [0.15, 0.2) is 48.5 Å². The third kappa shape index (κ3) is 3.99. The van der Waals surface area contributed by atoms with E-state index in [-0.39, 0.29) is 5.82 Å². The SMILES string of the molecule is C[C@@H]1[C@H](C)CCC[C@H]1NCc1c(C(=O)O)n(Cc2ccc(F)cc2)c2ccccc12. The lowest BCUT2D eigenvalue weighted by molar-refractivity contribution is 0.0684. The number of carboxylic acid groups (broad SMARTS) is 1. The number of carboxylic acids is 1. The van der Waals surface area contributed by atoms with Crippen LogP contribution in [0.2, 0.25) is 0 Å². The molecule has 0 spiro atoms. The Morgan fingerprint density at radius 2 is 1.87 bits per heavy atom. The second-order valence-electron chi connectivity index (χ2n) is 8.62. The van der Waals surface area contributed by atoms with E-state index in [9.17, 15) is 14.3 Å². The van der Waals surface area contributed by atoms with Crippen LogP contribution in [-0.2, 0) is 13.1 Å². The summed E-state index contributed by atoms with van der Waals surface area (Å²) >= 11 is 0. The van der Waals surface area contributed by atoms with Gasteiger partial charge < -0.3 is 15.0 Å². The summed E-state index contributed by atoms with van der Waals surface area (Å²) in [4.78, 5) is 12.3. The van der Waals surface area contributed by atoms with Crippen LogP contribution in [-0.4, -0.2) is 21.7 Å². The number of carbonyl (C=O) groups is 1. The number of aromatic carboxylic acids is 1. The van der Waals surface area contributed by atoms with E-state index in [2.05, 4.69) is 19.2 Å². The molecule has 1 saturated carbocycles. The van der Waals surface area contributed by atoms with Crippen molar-refractivity contribution in [2.45, 2.75) is 52.2 Å². The molecule has 4 nitrogen and oxygen atoms in total. The number of halogens is 1. The zero-order chi connectivity index (χ0) is 21.3. The van der Waals surface area contributed by atoms with Gasteiger partial charge in [-0.2, -0.15) is 0 Å². The highest BCUT2D eigenvalue weighted by atomic mass is 19.1. The molecule has 0 unspecified atom stereocenters. The number of nitrogens with zero attached hydrogens (tertiary/aromatic N) is 1. The average molecular weight is 409 g/mol. The summed E-state index contributed by atoms with van der Waals surface area (Å²) in [5, 5.41) is 14.7. The molecule has 30 heavy (non-hydrogen) atoms. The van der Waals surface area contributed by atoms with Crippen LogP contribution < -0.4 is 5.32 Å². The summed E-state index contributed by atoms with van der Waals surface area (Å²) in [6.07, 6.45) is 3.60. The number of para-hydroxylation sites is 1. The first kappa shape index (κ1) is 20.6. The fourth-order valence-electron chi connectivity index (χ4n) is 4.84. The molecular formula is C25H29FN2O2. The van der Waals surface area contributed by atoms with E-state index in [1.807, 2.05) is 28.8 Å². The molecule has 1 aliphatic carbocycles. The van der Waals surface area contributed by atoms with E-state index < -0.39 is 5.97 Å². The molecule has 158 valence electrons. The fourth-order valence-corrected chi connectivity index (χ4v) is 4.84. The number of aromatic nitrogens is 1. The standard InChI is InChI=1S/C25H29FN2O2/c1-16-6-5-8-22(17(16)2)27-14-21-20-7-3-4-9-23(20)28(24(21)25(29)30)15-18-10-12-19(26)13-11-18/h3-4,7,9-13,16-17,22,27H,5-6,8,14-15H2,1-2H3,(H,29,30)/t16-,17-,22-/m1/s1. The van der Waals surface area contributed by atoms with Gasteiger partial charge in [-0.1, -0.05) is 57.0 Å². The van der Waals surface area contributed by atoms with Gasteiger partial charge in [0, 0.05) is 35.6 Å². The Morgan fingerprint density at radius 1 is 1.13 bits per heavy atom. The van der Waals surface area contributed by atoms with Crippen molar-refractivity contribution in [3.8, 4) is 0 Å². The summed E-state index contributed by atoms with van der Waals surface area (Å²) in [7, 11) is 0. The molecule has 5 heteroatoms. The van der Waals surface area contributed by atoms with Crippen molar-refractivity contribution >= 4 is 16.9 Å². The Morgan fingerprint density at radius 3 is 2.60 bits per heavy atom. The predicted molar refractivity (Wildman–Crippen MR) is 117 cm³/mol. The van der Waals surface area contributed by atoms with E-state index in [1.54, 1.807) is 12.1 Å². The maximum absolute atomic E-state index is 13.3. The monoisotopic (exact) mass is 408 g/mol. The number of fused-ring (bicyclic) bond motifs is 1. The highest BCUT2D eigenvalue weighted by Crippen LogP contribution is 2.31. The quantitative estimate of drug-likeness (QED) is 0.571. The second-order valence-corrected chi connectivity index (χ2v) is 8.62. The average Bonchev–Trinajstić information content (AvgIpc) is 3.04. The van der Waals surface area contributed by atoms with Crippen LogP contribution in [0.3, 0.4) is 0 Å². The van der Waals surface area contributed by atoms with E-state index in [1.165, 1.54) is 25.0 Å². The normalized spacial score (nSPS) is 21.8. The van der Waals surface area contributed by atoms with E-state index >= 15 is 0 Å². The van der Waals surface area contributed by atoms with Crippen molar-refractivity contribution in [2.24, 2.45) is 11.8 Å². The number of nitrogens with one attached hydrogen (secondary N) is 1. The van der Waals surface area contributed by atoms with Crippen LogP contribution in [0.5, 0.6) is 0 Å². The minimum Gasteiger partial charge on any atom is -0.477 e. The Labute approximate surface area is 176 Å². The topological polar surface area (TPSA) is 54.3 Å². The van der Waals surface area contributed by atoms with Gasteiger partial charge in [0.05, 0.1) is 0 Å². The van der Waals surface area contributed by atoms with Gasteiger partial charge >= 0.3 is 5.97 Å². The molecule has 1 heterocycles. The Hall–Kier alpha value is -2.66. The first-order valence-electron chi connectivity index (χ1n) is 10.8. The maximum atomic E-state index is 13.3. The predicted octanol–water partition coefficient (Wildman–Crippen LogP) is 5.44. The van der Waals surface area contributed by atoms with Crippen molar-refractivity contribution in [3.05, 3.63) is 71.2 Å². The summed E-state index contributed by atoms with van der Waals surface area (Å²) in [6.45, 7) is 5.51. The van der Waals surface area contributed by atoms with Gasteiger partial charge in [-0.25, -0.2) is 9.18 Å². The summed E-state index contributed by atoms with van der Waals surface area (Å²) in [6, 6.07) is 14.5. The third-order valence-electron chi connectivity index (χ3n) is 6.78. The van der Waals surface area contributed by atoms with Crippen LogP contribution >= 0.6 is 0 Å². The number of rotatable bonds is 6. The molecule has 0 bridgehead atoms. The first-order chi connectivity index (χ1) is 14.5. The van der Waals surface area contributed by atoms with Gasteiger partial charge in [-0.15, -0.1) is 0 Å². The molecule has 1 aromatic heterocycles. The highest BCUT2D eigenvalue weighted by molar-refractivity contribution is 5.98. The van der Waals surface area contributed by atoms with Crippen LogP contribution in [0.4, 0.5) is 4.39 Å². The first-order valence-corrected chi connectivity index (χ1v) is 10.8. The van der Waals surface area contributed by atoms with Crippen molar-refractivity contribution in [1.82, 2.24) is 9.88 Å². The zero-order valence-corrected chi connectivity index (χ0v) is 17.6. The van der Waals surface area contributed by atoms with Gasteiger partial charge in [-0.3, -0.25) is 0 Å². The largest absolute Gasteiger partial charge is 0.477 e. The molecule has 3 atom stereocenters. The van der Waals surface area contributed by atoms with Gasteiger partial charge in [0.15, 0.2) is 0 Å². The zero-order valence-electron chi connectivity index (χ0n) is 17.6. The van der Waals surface area contributed by atoms with Gasteiger partial charge in [0.1, 0.15) is 11.5 Å². The lowest BCUT2D eigenvalue weighted by Gasteiger charge is -2.34. The Kier molecular flexibility index (Phi) is 5.91. The smallest absolute Gasteiger partial charge is 0.352 e. The molecule has 0 amide bonds. The van der Waals surface area contributed by atoms with Crippen molar-refractivity contribution < 1.29 is 14.3 Å². The molecule has 4 rings (SSSR count). The van der Waals surface area contributed by atoms with Crippen molar-refractivity contribution in [3.63, 3.8) is 0 Å².